The van der Waals surface area contributed by atoms with Crippen molar-refractivity contribution in [1.29, 1.82) is 0 Å². The molecule has 1 saturated heterocycles. The molecule has 0 aromatic heterocycles. The molecule has 1 heterocycles. The molecule has 29 heavy (non-hydrogen) atoms. The molecular weight excluding hydrogens is 423 g/mol. The molecule has 0 radical (unpaired) electrons. The van der Waals surface area contributed by atoms with Crippen molar-refractivity contribution in [2.24, 2.45) is 11.7 Å². The first-order chi connectivity index (χ1) is 13.7. The normalized spacial score (nSPS) is 16.8. The van der Waals surface area contributed by atoms with E-state index in [0.29, 0.717) is 36.3 Å². The summed E-state index contributed by atoms with van der Waals surface area (Å²) in [5.41, 5.74) is 6.37. The maximum absolute atomic E-state index is 14.0. The zero-order chi connectivity index (χ0) is 21.1. The van der Waals surface area contributed by atoms with Crippen LogP contribution in [0.2, 0.25) is 10.0 Å². The predicted octanol–water partition coefficient (Wildman–Crippen LogP) is 4.15. The Kier molecular flexibility index (Phi) is 6.59. The van der Waals surface area contributed by atoms with E-state index in [0.717, 1.165) is 6.07 Å². The lowest BCUT2D eigenvalue weighted by molar-refractivity contribution is -0.120. The zero-order valence-corrected chi connectivity index (χ0v) is 16.9. The van der Waals surface area contributed by atoms with Gasteiger partial charge in [-0.15, -0.1) is 0 Å². The summed E-state index contributed by atoms with van der Waals surface area (Å²) in [6.07, 6.45) is 1.21. The summed E-state index contributed by atoms with van der Waals surface area (Å²) >= 11 is 12.7. The second-order valence-electron chi connectivity index (χ2n) is 6.96. The van der Waals surface area contributed by atoms with Crippen molar-refractivity contribution < 1.29 is 18.4 Å². The first-order valence-corrected chi connectivity index (χ1v) is 9.75. The molecular formula is C20H19Cl2F2N3O2. The molecule has 1 fully saturated rings. The number of piperidine rings is 1. The van der Waals surface area contributed by atoms with Gasteiger partial charge in [0.05, 0.1) is 22.3 Å². The predicted molar refractivity (Wildman–Crippen MR) is 109 cm³/mol. The van der Waals surface area contributed by atoms with E-state index in [9.17, 15) is 18.4 Å². The van der Waals surface area contributed by atoms with Crippen LogP contribution >= 0.6 is 23.2 Å². The number of amides is 2. The molecule has 0 aliphatic carbocycles. The zero-order valence-electron chi connectivity index (χ0n) is 15.4. The summed E-state index contributed by atoms with van der Waals surface area (Å²) in [4.78, 5) is 24.9. The molecule has 1 unspecified atom stereocenters. The summed E-state index contributed by atoms with van der Waals surface area (Å²) in [7, 11) is 0. The van der Waals surface area contributed by atoms with Crippen molar-refractivity contribution in [2.75, 3.05) is 23.3 Å². The number of nitrogens with one attached hydrogen (secondary N) is 1. The lowest BCUT2D eigenvalue weighted by Gasteiger charge is -2.34. The second kappa shape index (κ2) is 8.97. The van der Waals surface area contributed by atoms with E-state index < -0.39 is 17.5 Å². The highest BCUT2D eigenvalue weighted by Gasteiger charge is 2.30. The maximum atomic E-state index is 14.0. The number of rotatable bonds is 6. The van der Waals surface area contributed by atoms with Gasteiger partial charge < -0.3 is 16.0 Å². The van der Waals surface area contributed by atoms with E-state index in [1.54, 1.807) is 12.1 Å². The Morgan fingerprint density at radius 2 is 1.90 bits per heavy atom. The number of hydrogen-bond donors (Lipinski definition) is 2. The van der Waals surface area contributed by atoms with Crippen molar-refractivity contribution in [3.63, 3.8) is 0 Å². The van der Waals surface area contributed by atoms with Crippen LogP contribution in [0, 0.1) is 17.6 Å². The Balaban J connectivity index is 1.80. The van der Waals surface area contributed by atoms with Crippen molar-refractivity contribution in [3.05, 3.63) is 57.6 Å². The van der Waals surface area contributed by atoms with Crippen molar-refractivity contribution in [3.8, 4) is 0 Å². The molecule has 2 amide bonds. The number of halogens is 4. The van der Waals surface area contributed by atoms with Gasteiger partial charge in [-0.1, -0.05) is 29.3 Å². The largest absolute Gasteiger partial charge is 0.376 e. The lowest BCUT2D eigenvalue weighted by atomic mass is 9.90. The Hall–Kier alpha value is -2.38. The van der Waals surface area contributed by atoms with Crippen molar-refractivity contribution in [2.45, 2.75) is 19.3 Å². The van der Waals surface area contributed by atoms with Gasteiger partial charge in [0.1, 0.15) is 11.6 Å². The molecule has 3 N–H and O–H groups in total. The molecule has 5 nitrogen and oxygen atoms in total. The number of carbonyl (C=O) groups excluding carboxylic acids is 2. The van der Waals surface area contributed by atoms with Crippen LogP contribution in [-0.4, -0.2) is 24.9 Å². The number of carbonyl (C=O) groups is 2. The fourth-order valence-electron chi connectivity index (χ4n) is 3.41. The van der Waals surface area contributed by atoms with Gasteiger partial charge in [-0.3, -0.25) is 9.59 Å². The maximum Gasteiger partial charge on any atom is 0.236 e. The van der Waals surface area contributed by atoms with Gasteiger partial charge in [0.15, 0.2) is 0 Å². The van der Waals surface area contributed by atoms with E-state index >= 15 is 0 Å². The van der Waals surface area contributed by atoms with E-state index in [2.05, 4.69) is 5.32 Å². The number of nitrogens with two attached hydrogens (primary N) is 1. The number of benzene rings is 2. The molecule has 9 heteroatoms. The highest BCUT2D eigenvalue weighted by molar-refractivity contribution is 6.40. The molecule has 1 atom stereocenters. The van der Waals surface area contributed by atoms with Crippen molar-refractivity contribution in [1.82, 2.24) is 0 Å². The van der Waals surface area contributed by atoms with Gasteiger partial charge >= 0.3 is 0 Å². The molecule has 1 aliphatic heterocycles. The average Bonchev–Trinajstić information content (AvgIpc) is 2.64. The van der Waals surface area contributed by atoms with Gasteiger partial charge in [0.25, 0.3) is 0 Å². The average molecular weight is 442 g/mol. The number of hydrogen-bond acceptors (Lipinski definition) is 3. The Morgan fingerprint density at radius 3 is 2.52 bits per heavy atom. The van der Waals surface area contributed by atoms with Crippen LogP contribution in [0.25, 0.3) is 0 Å². The number of primary amides is 1. The van der Waals surface area contributed by atoms with Crippen LogP contribution in [0.1, 0.15) is 18.4 Å². The third-order valence-corrected chi connectivity index (χ3v) is 5.36. The smallest absolute Gasteiger partial charge is 0.236 e. The minimum Gasteiger partial charge on any atom is -0.376 e. The van der Waals surface area contributed by atoms with Crippen molar-refractivity contribution >= 4 is 46.4 Å². The van der Waals surface area contributed by atoms with Gasteiger partial charge in [0, 0.05) is 24.7 Å². The van der Waals surface area contributed by atoms with Crippen LogP contribution < -0.4 is 16.0 Å². The molecule has 0 saturated carbocycles. The minimum absolute atomic E-state index is 0.0348. The summed E-state index contributed by atoms with van der Waals surface area (Å²) in [5.74, 6) is -1.94. The van der Waals surface area contributed by atoms with Crippen LogP contribution in [0.5, 0.6) is 0 Å². The van der Waals surface area contributed by atoms with E-state index in [-0.39, 0.29) is 34.8 Å². The highest BCUT2D eigenvalue weighted by Crippen LogP contribution is 2.39. The van der Waals surface area contributed by atoms with Gasteiger partial charge in [-0.2, -0.15) is 0 Å². The minimum atomic E-state index is -0.629. The summed E-state index contributed by atoms with van der Waals surface area (Å²) in [6.45, 7) is 0.225. The fourth-order valence-corrected chi connectivity index (χ4v) is 4.10. The van der Waals surface area contributed by atoms with E-state index in [4.69, 9.17) is 28.9 Å². The second-order valence-corrected chi connectivity index (χ2v) is 7.77. The molecule has 1 aliphatic rings. The molecule has 3 rings (SSSR count). The fraction of sp³-hybridized carbons (Fsp3) is 0.300. The summed E-state index contributed by atoms with van der Waals surface area (Å²) < 4.78 is 27.1. The monoisotopic (exact) mass is 441 g/mol. The highest BCUT2D eigenvalue weighted by atomic mass is 35.5. The number of anilines is 2. The van der Waals surface area contributed by atoms with E-state index in [1.807, 2.05) is 0 Å². The molecule has 154 valence electrons. The molecule has 0 bridgehead atoms. The first-order valence-electron chi connectivity index (χ1n) is 9.00. The standard InChI is InChI=1S/C20H19Cl2F2N3O2/c21-15-7-14(26-9-18(25)28)8-16(22)20(15)27-10-11(1-4-19(27)29)5-12-2-3-13(23)6-17(12)24/h2-3,6-8,11,26H,1,4-5,9-10H2,(H2,25,28). The topological polar surface area (TPSA) is 75.4 Å². The molecule has 2 aromatic carbocycles. The SMILES string of the molecule is NC(=O)CNc1cc(Cl)c(N2CC(Cc3ccc(F)cc3F)CCC2=O)c(Cl)c1. The Morgan fingerprint density at radius 1 is 1.21 bits per heavy atom. The summed E-state index contributed by atoms with van der Waals surface area (Å²) in [6, 6.07) is 6.61. The first kappa shape index (κ1) is 21.3. The number of nitrogens with zero attached hydrogens (tertiary/aromatic N) is 1. The lowest BCUT2D eigenvalue weighted by Crippen LogP contribution is -2.41. The van der Waals surface area contributed by atoms with E-state index in [1.165, 1.54) is 17.0 Å². The van der Waals surface area contributed by atoms with Crippen LogP contribution in [-0.2, 0) is 16.0 Å². The van der Waals surface area contributed by atoms with Gasteiger partial charge in [-0.25, -0.2) is 8.78 Å². The molecule has 2 aromatic rings. The summed E-state index contributed by atoms with van der Waals surface area (Å²) in [5, 5.41) is 3.28. The van der Waals surface area contributed by atoms with Crippen LogP contribution in [0.3, 0.4) is 0 Å². The quantitative estimate of drug-likeness (QED) is 0.706. The van der Waals surface area contributed by atoms with Crippen LogP contribution in [0.15, 0.2) is 30.3 Å². The van der Waals surface area contributed by atoms with Gasteiger partial charge in [-0.05, 0) is 42.5 Å². The van der Waals surface area contributed by atoms with Crippen LogP contribution in [0.4, 0.5) is 20.2 Å². The van der Waals surface area contributed by atoms with Gasteiger partial charge in [0.2, 0.25) is 11.8 Å². The third kappa shape index (κ3) is 5.16. The molecule has 0 spiro atoms. The Labute approximate surface area is 176 Å². The Bertz CT molecular complexity index is 932. The third-order valence-electron chi connectivity index (χ3n) is 4.79.